The number of benzene rings is 6. The van der Waals surface area contributed by atoms with Crippen molar-refractivity contribution in [1.29, 1.82) is 10.5 Å². The summed E-state index contributed by atoms with van der Waals surface area (Å²) in [5, 5.41) is 65.7. The van der Waals surface area contributed by atoms with E-state index in [4.69, 9.17) is 23.8 Å². The van der Waals surface area contributed by atoms with Crippen molar-refractivity contribution in [3.05, 3.63) is 199 Å². The molecule has 6 N–H and O–H groups in total. The average Bonchev–Trinajstić information content (AvgIpc) is 1.59. The van der Waals surface area contributed by atoms with Crippen molar-refractivity contribution < 1.29 is 38.8 Å². The highest BCUT2D eigenvalue weighted by Gasteiger charge is 2.40. The maximum Gasteiger partial charge on any atom is 0.307 e. The van der Waals surface area contributed by atoms with Crippen LogP contribution < -0.4 is 10.6 Å². The molecule has 25 heteroatoms. The molecule has 4 fully saturated rings. The number of aryl methyl sites for hydroxylation is 1. The fourth-order valence-corrected chi connectivity index (χ4v) is 17.3. The number of carboxylic acids is 2. The number of nitriles is 2. The van der Waals surface area contributed by atoms with Gasteiger partial charge in [0.2, 0.25) is 11.8 Å². The molecule has 0 saturated carbocycles. The number of aromatic nitrogens is 8. The highest BCUT2D eigenvalue weighted by Crippen LogP contribution is 2.47. The van der Waals surface area contributed by atoms with Crippen LogP contribution in [0.1, 0.15) is 123 Å². The maximum absolute atomic E-state index is 11.7. The van der Waals surface area contributed by atoms with Crippen LogP contribution in [0, 0.1) is 69.1 Å². The molecule has 0 bridgehead atoms. The van der Waals surface area contributed by atoms with Crippen LogP contribution in [0.15, 0.2) is 135 Å². The van der Waals surface area contributed by atoms with Gasteiger partial charge in [0.1, 0.15) is 58.0 Å². The minimum atomic E-state index is -0.747. The number of oxazole rings is 2. The fraction of sp³-hybridized carbons (Fsp3) is 0.341. The van der Waals surface area contributed by atoms with Crippen LogP contribution in [0.4, 0.5) is 23.0 Å². The van der Waals surface area contributed by atoms with Gasteiger partial charge in [-0.05, 0) is 226 Å². The van der Waals surface area contributed by atoms with Crippen LogP contribution >= 0.6 is 15.9 Å². The number of aliphatic hydroxyl groups excluding tert-OH is 2. The third kappa shape index (κ3) is 14.4. The molecule has 558 valence electrons. The van der Waals surface area contributed by atoms with E-state index < -0.39 is 11.9 Å². The van der Waals surface area contributed by atoms with Crippen molar-refractivity contribution in [2.45, 2.75) is 123 Å². The highest BCUT2D eigenvalue weighted by atomic mass is 79.9. The molecule has 6 aromatic carbocycles. The van der Waals surface area contributed by atoms with Gasteiger partial charge in [-0.15, -0.1) is 0 Å². The molecular weight excluding hydrogens is 1450 g/mol. The van der Waals surface area contributed by atoms with Gasteiger partial charge in [-0.3, -0.25) is 39.2 Å². The Hall–Kier alpha value is -11.0. The van der Waals surface area contributed by atoms with E-state index in [2.05, 4.69) is 135 Å². The van der Waals surface area contributed by atoms with Gasteiger partial charge < -0.3 is 39.9 Å². The zero-order valence-corrected chi connectivity index (χ0v) is 63.4. The van der Waals surface area contributed by atoms with Gasteiger partial charge in [0.15, 0.2) is 22.8 Å². The Morgan fingerprint density at radius 1 is 0.518 bits per heavy atom. The smallest absolute Gasteiger partial charge is 0.307 e. The highest BCUT2D eigenvalue weighted by molar-refractivity contribution is 9.10. The number of rotatable bonds is 15. The van der Waals surface area contributed by atoms with E-state index in [0.717, 1.165) is 183 Å². The van der Waals surface area contributed by atoms with Crippen molar-refractivity contribution in [2.75, 3.05) is 63.0 Å². The predicted molar refractivity (Wildman–Crippen MR) is 421 cm³/mol. The summed E-state index contributed by atoms with van der Waals surface area (Å²) in [7, 11) is 0. The molecule has 0 radical (unpaired) electrons. The molecule has 12 aromatic rings. The van der Waals surface area contributed by atoms with E-state index >= 15 is 0 Å². The van der Waals surface area contributed by atoms with Crippen molar-refractivity contribution in [3.63, 3.8) is 0 Å². The Morgan fingerprint density at radius 2 is 0.973 bits per heavy atom. The maximum atomic E-state index is 11.7. The molecule has 4 aliphatic heterocycles. The number of nitrogens with zero attached hydrogens (tertiary/aromatic N) is 14. The lowest BCUT2D eigenvalue weighted by Gasteiger charge is -2.24. The second-order valence-corrected chi connectivity index (χ2v) is 30.8. The molecule has 4 saturated heterocycles. The number of halogens is 1. The first-order valence-electron chi connectivity index (χ1n) is 37.6. The van der Waals surface area contributed by atoms with Gasteiger partial charge in [-0.25, -0.2) is 29.9 Å². The Balaban J connectivity index is 0.000000138. The lowest BCUT2D eigenvalue weighted by atomic mass is 9.93. The lowest BCUT2D eigenvalue weighted by molar-refractivity contribution is -0.142. The van der Waals surface area contributed by atoms with Crippen molar-refractivity contribution in [2.24, 2.45) is 11.8 Å². The number of fused-ring (bicyclic) bond motifs is 6. The van der Waals surface area contributed by atoms with Crippen LogP contribution in [0.25, 0.3) is 78.3 Å². The molecule has 0 amide bonds. The average molecular weight is 1540 g/mol. The number of nitrogens with one attached hydrogen (secondary N) is 2. The van der Waals surface area contributed by atoms with E-state index in [1.165, 1.54) is 11.1 Å². The van der Waals surface area contributed by atoms with Gasteiger partial charge in [0.25, 0.3) is 0 Å². The molecular formula is C85H83BrN16O8. The van der Waals surface area contributed by atoms with Gasteiger partial charge >= 0.3 is 11.9 Å². The molecule has 2 aliphatic carbocycles. The van der Waals surface area contributed by atoms with Crippen LogP contribution in [0.3, 0.4) is 0 Å². The summed E-state index contributed by atoms with van der Waals surface area (Å²) in [4.78, 5) is 68.9. The minimum Gasteiger partial charge on any atom is -0.481 e. The Labute approximate surface area is 643 Å². The number of β-amino-alcohol motifs (C(OH)–C–C–N with tert-alkyl or cyclic N) is 2. The number of pyridine rings is 2. The Morgan fingerprint density at radius 3 is 1.45 bits per heavy atom. The van der Waals surface area contributed by atoms with Gasteiger partial charge in [0.05, 0.1) is 35.1 Å². The predicted octanol–water partition coefficient (Wildman–Crippen LogP) is 14.5. The van der Waals surface area contributed by atoms with Crippen LogP contribution in [0.5, 0.6) is 0 Å². The number of aliphatic carboxylic acids is 2. The zero-order valence-electron chi connectivity index (χ0n) is 61.8. The first-order valence-corrected chi connectivity index (χ1v) is 38.3. The Kier molecular flexibility index (Phi) is 20.5. The molecule has 18 rings (SSSR count). The number of hydrogen-bond acceptors (Lipinski definition) is 22. The number of carbonyl (C=O) groups is 2. The minimum absolute atomic E-state index is 0.0686. The molecule has 6 atom stereocenters. The quantitative estimate of drug-likeness (QED) is 0.0555. The second-order valence-electron chi connectivity index (χ2n) is 29.9. The zero-order chi connectivity index (χ0) is 76.2. The number of hydrogen-bond donors (Lipinski definition) is 6. The van der Waals surface area contributed by atoms with Crippen molar-refractivity contribution >= 4 is 95.1 Å². The van der Waals surface area contributed by atoms with E-state index in [0.29, 0.717) is 101 Å². The number of likely N-dealkylation sites (tertiary alicyclic amines) is 4. The standard InChI is InChI=1S/C42H40N8O4.C23H20BrN3O3.C20H23N5O/c1-23-28(29-6-4-8-34(24(29)2)47-40-38-35(45-22-46-40)15-25(18-44-38)19-49-13-12-27(51)21-49)5-3-7-30(23)41-48-36-16-32-31(33(17-43)39(36)54-41)9-10-37(32)50-14-11-26(20-50)42(52)53;1-12-14(3-2-4-18(12)24)22-26-19-9-16-15(17(10-25)21(19)30-22)5-6-20(16)27-8-7-13(11-27)23(28)29;1-13-4-3-5-17(14(13)2)24-20-19-18(22-12-23-20)8-15(9-21-19)10-25-7-6-16(26)11-25/h3-8,15-16,18,22,26-27,37,51H,9-14,19-21H2,1-2H3,(H,52,53)(H,45,46,47);2-4,9,13,20H,5-8,11H2,1H3,(H,28,29);3-5,8-9,12,16,26H,6-7,10-11H2,1-2H3,(H,22,23,24)/t26-,27-,37-;13-,20-;16-/m111/s1. The Bertz CT molecular complexity index is 5720. The summed E-state index contributed by atoms with van der Waals surface area (Å²) in [6, 6.07) is 37.4. The normalized spacial score (nSPS) is 19.8. The largest absolute Gasteiger partial charge is 0.481 e. The summed E-state index contributed by atoms with van der Waals surface area (Å²) in [5.74, 6) is 0.151. The first kappa shape index (κ1) is 73.2. The van der Waals surface area contributed by atoms with Crippen LogP contribution in [-0.4, -0.2) is 156 Å². The summed E-state index contributed by atoms with van der Waals surface area (Å²) in [6.45, 7) is 17.6. The third-order valence-corrected chi connectivity index (χ3v) is 24.0. The van der Waals surface area contributed by atoms with Gasteiger partial charge in [-0.1, -0.05) is 58.4 Å². The number of anilines is 4. The van der Waals surface area contributed by atoms with E-state index in [9.17, 15) is 40.5 Å². The molecule has 10 heterocycles. The van der Waals surface area contributed by atoms with Crippen molar-refractivity contribution in [1.82, 2.24) is 59.5 Å². The van der Waals surface area contributed by atoms with Crippen LogP contribution in [0.2, 0.25) is 0 Å². The molecule has 0 unspecified atom stereocenters. The lowest BCUT2D eigenvalue weighted by Crippen LogP contribution is -2.26. The summed E-state index contributed by atoms with van der Waals surface area (Å²) >= 11 is 3.55. The molecule has 6 aliphatic rings. The van der Waals surface area contributed by atoms with Gasteiger partial charge in [0, 0.05) is 104 Å². The second kappa shape index (κ2) is 30.8. The van der Waals surface area contributed by atoms with Crippen LogP contribution in [-0.2, 0) is 35.5 Å². The summed E-state index contributed by atoms with van der Waals surface area (Å²) in [6.07, 6.45) is 12.6. The molecule has 110 heavy (non-hydrogen) atoms. The van der Waals surface area contributed by atoms with E-state index in [1.54, 1.807) is 12.7 Å². The number of carboxylic acid groups (broad SMARTS) is 2. The molecule has 0 spiro atoms. The topological polar surface area (TPSA) is 329 Å². The summed E-state index contributed by atoms with van der Waals surface area (Å²) in [5.41, 5.74) is 24.0. The fourth-order valence-electron chi connectivity index (χ4n) is 17.0. The first-order chi connectivity index (χ1) is 53.3. The SMILES string of the molecule is Cc1c(Br)cccc1-c1nc2cc3c(c(C#N)c2o1)CC[C@H]3N1CC[C@@H](C(=O)O)C1.Cc1c(Nc2ncnc3cc(CN4CC[C@@H](O)C4)cnc23)cccc1-c1cccc(-c2nc3cc4c(c(C#N)c3o2)CC[C@H]4N2CC[C@@H](C(=O)O)C2)c1C.Cc1cccc(Nc2ncnc3cc(CN4CC[C@@H](O)C4)cnc23)c1C. The molecule has 6 aromatic heterocycles. The van der Waals surface area contributed by atoms with Gasteiger partial charge in [-0.2, -0.15) is 10.5 Å². The van der Waals surface area contributed by atoms with E-state index in [1.807, 2.05) is 92.1 Å². The third-order valence-electron chi connectivity index (χ3n) is 23.1. The number of aliphatic hydroxyl groups is 2. The van der Waals surface area contributed by atoms with Crippen molar-refractivity contribution in [3.8, 4) is 46.2 Å². The summed E-state index contributed by atoms with van der Waals surface area (Å²) < 4.78 is 13.5. The van der Waals surface area contributed by atoms with E-state index in [-0.39, 0.29) is 36.1 Å². The molecule has 24 nitrogen and oxygen atoms in total. The monoisotopic (exact) mass is 1530 g/mol.